The SMILES string of the molecule is CCCCCCCCCN(CCc1c[nH]c2ccccc12)Cc1ccc(/C=C/C(=O)NO)cc1. The molecular weight excluding hydrogens is 422 g/mol. The second-order valence-electron chi connectivity index (χ2n) is 9.06. The lowest BCUT2D eigenvalue weighted by atomic mass is 10.1. The Morgan fingerprint density at radius 3 is 2.47 bits per heavy atom. The summed E-state index contributed by atoms with van der Waals surface area (Å²) < 4.78 is 0. The summed E-state index contributed by atoms with van der Waals surface area (Å²) in [4.78, 5) is 17.2. The van der Waals surface area contributed by atoms with Crippen molar-refractivity contribution in [2.45, 2.75) is 64.8 Å². The number of carbonyl (C=O) groups is 1. The van der Waals surface area contributed by atoms with E-state index in [2.05, 4.69) is 59.4 Å². The van der Waals surface area contributed by atoms with Gasteiger partial charge in [-0.1, -0.05) is 87.9 Å². The molecule has 0 saturated heterocycles. The predicted octanol–water partition coefficient (Wildman–Crippen LogP) is 6.48. The third kappa shape index (κ3) is 8.47. The van der Waals surface area contributed by atoms with Gasteiger partial charge < -0.3 is 4.98 Å². The molecule has 5 heteroatoms. The number of para-hydroxylation sites is 1. The highest BCUT2D eigenvalue weighted by molar-refractivity contribution is 5.90. The van der Waals surface area contributed by atoms with Crippen LogP contribution < -0.4 is 5.48 Å². The van der Waals surface area contributed by atoms with Gasteiger partial charge in [0.05, 0.1) is 0 Å². The minimum absolute atomic E-state index is 0.526. The van der Waals surface area contributed by atoms with Crippen LogP contribution in [0, 0.1) is 0 Å². The summed E-state index contributed by atoms with van der Waals surface area (Å²) in [5, 5.41) is 9.94. The number of benzene rings is 2. The van der Waals surface area contributed by atoms with E-state index in [0.29, 0.717) is 0 Å². The predicted molar refractivity (Wildman–Crippen MR) is 141 cm³/mol. The highest BCUT2D eigenvalue weighted by atomic mass is 16.5. The van der Waals surface area contributed by atoms with Crippen molar-refractivity contribution < 1.29 is 10.0 Å². The summed E-state index contributed by atoms with van der Waals surface area (Å²) in [5.41, 5.74) is 6.40. The maximum Gasteiger partial charge on any atom is 0.267 e. The fourth-order valence-corrected chi connectivity index (χ4v) is 4.38. The van der Waals surface area contributed by atoms with E-state index in [1.54, 1.807) is 11.6 Å². The monoisotopic (exact) mass is 461 g/mol. The van der Waals surface area contributed by atoms with Crippen LogP contribution in [0.4, 0.5) is 0 Å². The van der Waals surface area contributed by atoms with Crippen LogP contribution in [-0.4, -0.2) is 34.1 Å². The molecule has 5 nitrogen and oxygen atoms in total. The zero-order valence-corrected chi connectivity index (χ0v) is 20.4. The molecule has 3 N–H and O–H groups in total. The number of carbonyl (C=O) groups excluding carboxylic acids is 1. The lowest BCUT2D eigenvalue weighted by Crippen LogP contribution is -2.27. The summed E-state index contributed by atoms with van der Waals surface area (Å²) in [6.07, 6.45) is 15.4. The molecule has 0 aliphatic carbocycles. The van der Waals surface area contributed by atoms with Crippen LogP contribution in [0.2, 0.25) is 0 Å². The summed E-state index contributed by atoms with van der Waals surface area (Å²) in [5.74, 6) is -0.526. The molecule has 182 valence electrons. The van der Waals surface area contributed by atoms with E-state index in [1.165, 1.54) is 73.1 Å². The second-order valence-corrected chi connectivity index (χ2v) is 9.06. The first-order valence-corrected chi connectivity index (χ1v) is 12.7. The van der Waals surface area contributed by atoms with Crippen LogP contribution in [0.25, 0.3) is 17.0 Å². The van der Waals surface area contributed by atoms with Gasteiger partial charge in [0.25, 0.3) is 5.91 Å². The maximum absolute atomic E-state index is 11.2. The van der Waals surface area contributed by atoms with Gasteiger partial charge in [-0.25, -0.2) is 5.48 Å². The number of amides is 1. The zero-order valence-electron chi connectivity index (χ0n) is 20.4. The first-order valence-electron chi connectivity index (χ1n) is 12.7. The minimum atomic E-state index is -0.526. The fraction of sp³-hybridized carbons (Fsp3) is 0.414. The largest absolute Gasteiger partial charge is 0.361 e. The van der Waals surface area contributed by atoms with Gasteiger partial charge in [0.2, 0.25) is 0 Å². The van der Waals surface area contributed by atoms with E-state index >= 15 is 0 Å². The average molecular weight is 462 g/mol. The van der Waals surface area contributed by atoms with Crippen LogP contribution in [-0.2, 0) is 17.8 Å². The normalized spacial score (nSPS) is 11.6. The van der Waals surface area contributed by atoms with Gasteiger partial charge in [-0.05, 0) is 48.2 Å². The average Bonchev–Trinajstić information content (AvgIpc) is 3.29. The topological polar surface area (TPSA) is 68.4 Å². The number of aromatic nitrogens is 1. The Morgan fingerprint density at radius 2 is 1.71 bits per heavy atom. The van der Waals surface area contributed by atoms with Crippen molar-refractivity contribution in [1.29, 1.82) is 0 Å². The van der Waals surface area contributed by atoms with Crippen LogP contribution in [0.3, 0.4) is 0 Å². The summed E-state index contributed by atoms with van der Waals surface area (Å²) in [6.45, 7) is 5.31. The number of fused-ring (bicyclic) bond motifs is 1. The molecule has 0 spiro atoms. The number of hydroxylamine groups is 1. The van der Waals surface area contributed by atoms with E-state index in [1.807, 2.05) is 12.1 Å². The van der Waals surface area contributed by atoms with Gasteiger partial charge in [-0.2, -0.15) is 0 Å². The Balaban J connectivity index is 1.57. The number of nitrogens with zero attached hydrogens (tertiary/aromatic N) is 1. The molecule has 1 aromatic heterocycles. The Hall–Kier alpha value is -2.89. The number of H-pyrrole nitrogens is 1. The van der Waals surface area contributed by atoms with E-state index in [-0.39, 0.29) is 0 Å². The molecule has 1 heterocycles. The summed E-state index contributed by atoms with van der Waals surface area (Å²) >= 11 is 0. The maximum atomic E-state index is 11.2. The van der Waals surface area contributed by atoms with Crippen molar-refractivity contribution in [3.8, 4) is 0 Å². The van der Waals surface area contributed by atoms with Crippen LogP contribution in [0.1, 0.15) is 68.6 Å². The standard InChI is InChI=1S/C29H39N3O2/c1-2-3-4-5-6-7-10-20-32(21-19-26-22-30-28-12-9-8-11-27(26)28)23-25-15-13-24(14-16-25)17-18-29(33)31-34/h8-9,11-18,22,30,34H,2-7,10,19-21,23H2,1H3,(H,31,33)/b18-17+. The first-order chi connectivity index (χ1) is 16.7. The number of aromatic amines is 1. The highest BCUT2D eigenvalue weighted by Crippen LogP contribution is 2.19. The van der Waals surface area contributed by atoms with Crippen molar-refractivity contribution in [2.24, 2.45) is 0 Å². The lowest BCUT2D eigenvalue weighted by molar-refractivity contribution is -0.124. The van der Waals surface area contributed by atoms with Gasteiger partial charge in [-0.15, -0.1) is 0 Å². The summed E-state index contributed by atoms with van der Waals surface area (Å²) in [6, 6.07) is 16.8. The number of unbranched alkanes of at least 4 members (excludes halogenated alkanes) is 6. The lowest BCUT2D eigenvalue weighted by Gasteiger charge is -2.22. The smallest absolute Gasteiger partial charge is 0.267 e. The molecule has 0 atom stereocenters. The number of nitrogens with one attached hydrogen (secondary N) is 2. The molecule has 0 unspecified atom stereocenters. The van der Waals surface area contributed by atoms with E-state index in [0.717, 1.165) is 31.6 Å². The van der Waals surface area contributed by atoms with Crippen LogP contribution in [0.5, 0.6) is 0 Å². The molecule has 0 fully saturated rings. The van der Waals surface area contributed by atoms with Crippen molar-refractivity contribution in [3.63, 3.8) is 0 Å². The molecule has 1 amide bonds. The second kappa shape index (κ2) is 14.4. The zero-order chi connectivity index (χ0) is 24.0. The van der Waals surface area contributed by atoms with E-state index in [9.17, 15) is 4.79 Å². The third-order valence-electron chi connectivity index (χ3n) is 6.37. The molecular formula is C29H39N3O2. The van der Waals surface area contributed by atoms with E-state index in [4.69, 9.17) is 5.21 Å². The van der Waals surface area contributed by atoms with Gasteiger partial charge in [0.15, 0.2) is 0 Å². The van der Waals surface area contributed by atoms with Crippen molar-refractivity contribution in [1.82, 2.24) is 15.4 Å². The molecule has 0 bridgehead atoms. The van der Waals surface area contributed by atoms with Gasteiger partial charge >= 0.3 is 0 Å². The Morgan fingerprint density at radius 1 is 0.971 bits per heavy atom. The first kappa shape index (κ1) is 25.7. The molecule has 0 saturated carbocycles. The molecule has 2 aromatic carbocycles. The Kier molecular flexibility index (Phi) is 10.9. The van der Waals surface area contributed by atoms with Gasteiger partial charge in [0, 0.05) is 36.3 Å². The Labute approximate surface area is 203 Å². The van der Waals surface area contributed by atoms with Crippen LogP contribution in [0.15, 0.2) is 60.8 Å². The molecule has 3 aromatic rings. The third-order valence-corrected chi connectivity index (χ3v) is 6.37. The fourth-order valence-electron chi connectivity index (χ4n) is 4.38. The number of hydrogen-bond donors (Lipinski definition) is 3. The van der Waals surface area contributed by atoms with Crippen molar-refractivity contribution in [2.75, 3.05) is 13.1 Å². The quantitative estimate of drug-likeness (QED) is 0.105. The molecule has 34 heavy (non-hydrogen) atoms. The number of rotatable bonds is 15. The summed E-state index contributed by atoms with van der Waals surface area (Å²) in [7, 11) is 0. The van der Waals surface area contributed by atoms with Crippen molar-refractivity contribution >= 4 is 22.9 Å². The molecule has 0 aliphatic heterocycles. The van der Waals surface area contributed by atoms with Crippen molar-refractivity contribution in [3.05, 3.63) is 77.5 Å². The van der Waals surface area contributed by atoms with Crippen LogP contribution >= 0.6 is 0 Å². The highest BCUT2D eigenvalue weighted by Gasteiger charge is 2.09. The molecule has 3 rings (SSSR count). The van der Waals surface area contributed by atoms with E-state index < -0.39 is 5.91 Å². The van der Waals surface area contributed by atoms with Gasteiger partial charge in [0.1, 0.15) is 0 Å². The molecule has 0 aliphatic rings. The van der Waals surface area contributed by atoms with Gasteiger partial charge in [-0.3, -0.25) is 14.9 Å². The molecule has 0 radical (unpaired) electrons. The number of hydrogen-bond acceptors (Lipinski definition) is 3. The Bertz CT molecular complexity index is 1020. The minimum Gasteiger partial charge on any atom is -0.361 e.